The molecule has 0 saturated heterocycles. The van der Waals surface area contributed by atoms with Crippen molar-refractivity contribution in [2.45, 2.75) is 12.5 Å². The number of carboxylic acid groups (broad SMARTS) is 1. The Balaban J connectivity index is 2.17. The van der Waals surface area contributed by atoms with Crippen LogP contribution in [0.3, 0.4) is 0 Å². The van der Waals surface area contributed by atoms with E-state index in [-0.39, 0.29) is 12.5 Å². The monoisotopic (exact) mass is 217 g/mol. The van der Waals surface area contributed by atoms with Gasteiger partial charge in [-0.1, -0.05) is 42.5 Å². The van der Waals surface area contributed by atoms with E-state index in [1.165, 1.54) is 0 Å². The molecule has 0 bridgehead atoms. The predicted octanol–water partition coefficient (Wildman–Crippen LogP) is 2.07. The molecule has 0 spiro atoms. The summed E-state index contributed by atoms with van der Waals surface area (Å²) < 4.78 is 0. The molecular formula is C13H15NO2. The largest absolute Gasteiger partial charge is 0.481 e. The van der Waals surface area contributed by atoms with E-state index in [0.29, 0.717) is 0 Å². The van der Waals surface area contributed by atoms with Gasteiger partial charge in [0, 0.05) is 19.1 Å². The lowest BCUT2D eigenvalue weighted by atomic mass is 10.0. The Kier molecular flexibility index (Phi) is 3.37. The lowest BCUT2D eigenvalue weighted by Crippen LogP contribution is -2.28. The Hall–Kier alpha value is -1.61. The van der Waals surface area contributed by atoms with Crippen LogP contribution in [0.5, 0.6) is 0 Å². The van der Waals surface area contributed by atoms with Crippen molar-refractivity contribution in [1.29, 1.82) is 0 Å². The number of aliphatic carboxylic acids is 1. The normalized spacial score (nSPS) is 17.5. The van der Waals surface area contributed by atoms with Crippen LogP contribution in [0.25, 0.3) is 0 Å². The van der Waals surface area contributed by atoms with Crippen molar-refractivity contribution in [2.24, 2.45) is 0 Å². The molecule has 1 heterocycles. The topological polar surface area (TPSA) is 40.5 Å². The van der Waals surface area contributed by atoms with E-state index >= 15 is 0 Å². The van der Waals surface area contributed by atoms with Gasteiger partial charge in [-0.2, -0.15) is 0 Å². The molecule has 1 unspecified atom stereocenters. The Morgan fingerprint density at radius 2 is 1.88 bits per heavy atom. The number of benzene rings is 1. The minimum atomic E-state index is -0.749. The summed E-state index contributed by atoms with van der Waals surface area (Å²) >= 11 is 0. The van der Waals surface area contributed by atoms with Crippen molar-refractivity contribution in [3.8, 4) is 0 Å². The number of carbonyl (C=O) groups is 1. The summed E-state index contributed by atoms with van der Waals surface area (Å²) in [7, 11) is 0. The maximum atomic E-state index is 10.9. The van der Waals surface area contributed by atoms with Crippen molar-refractivity contribution >= 4 is 5.97 Å². The van der Waals surface area contributed by atoms with Crippen LogP contribution in [0.15, 0.2) is 42.5 Å². The second kappa shape index (κ2) is 4.94. The third-order valence-electron chi connectivity index (χ3n) is 2.84. The molecule has 0 amide bonds. The standard InChI is InChI=1S/C13H15NO2/c15-13(16)10-12(14-8-4-5-9-14)11-6-2-1-3-7-11/h1-7,12H,8-10H2,(H,15,16). The van der Waals surface area contributed by atoms with Gasteiger partial charge in [-0.25, -0.2) is 0 Å². The van der Waals surface area contributed by atoms with E-state index in [0.717, 1.165) is 18.7 Å². The summed E-state index contributed by atoms with van der Waals surface area (Å²) in [6.45, 7) is 1.68. The highest BCUT2D eigenvalue weighted by Gasteiger charge is 2.23. The minimum absolute atomic E-state index is 0.0197. The number of carboxylic acids is 1. The summed E-state index contributed by atoms with van der Waals surface area (Å²) in [4.78, 5) is 13.1. The number of hydrogen-bond acceptors (Lipinski definition) is 2. The number of nitrogens with zero attached hydrogens (tertiary/aromatic N) is 1. The summed E-state index contributed by atoms with van der Waals surface area (Å²) in [6.07, 6.45) is 4.32. The summed E-state index contributed by atoms with van der Waals surface area (Å²) in [5, 5.41) is 8.96. The van der Waals surface area contributed by atoms with E-state index in [2.05, 4.69) is 17.1 Å². The molecule has 0 radical (unpaired) electrons. The first-order valence-corrected chi connectivity index (χ1v) is 5.43. The molecule has 84 valence electrons. The van der Waals surface area contributed by atoms with Gasteiger partial charge in [0.1, 0.15) is 0 Å². The lowest BCUT2D eigenvalue weighted by molar-refractivity contribution is -0.138. The number of hydrogen-bond donors (Lipinski definition) is 1. The van der Waals surface area contributed by atoms with E-state index < -0.39 is 5.97 Å². The molecule has 1 aromatic carbocycles. The fourth-order valence-electron chi connectivity index (χ4n) is 2.05. The van der Waals surface area contributed by atoms with Gasteiger partial charge in [0.05, 0.1) is 6.42 Å². The van der Waals surface area contributed by atoms with Gasteiger partial charge in [-0.15, -0.1) is 0 Å². The van der Waals surface area contributed by atoms with Gasteiger partial charge < -0.3 is 5.11 Å². The highest BCUT2D eigenvalue weighted by atomic mass is 16.4. The Morgan fingerprint density at radius 1 is 1.25 bits per heavy atom. The smallest absolute Gasteiger partial charge is 0.305 e. The highest BCUT2D eigenvalue weighted by Crippen LogP contribution is 2.25. The molecule has 1 aromatic rings. The molecule has 0 fully saturated rings. The van der Waals surface area contributed by atoms with Crippen LogP contribution in [0, 0.1) is 0 Å². The summed E-state index contributed by atoms with van der Waals surface area (Å²) in [5.74, 6) is -0.749. The molecule has 1 aliphatic rings. The zero-order valence-electron chi connectivity index (χ0n) is 9.04. The molecule has 2 rings (SSSR count). The van der Waals surface area contributed by atoms with E-state index in [9.17, 15) is 4.79 Å². The van der Waals surface area contributed by atoms with Crippen molar-refractivity contribution in [3.63, 3.8) is 0 Å². The Labute approximate surface area is 95.0 Å². The molecule has 3 nitrogen and oxygen atoms in total. The SMILES string of the molecule is O=C(O)CC(c1ccccc1)N1CC=CC1. The third-order valence-corrected chi connectivity index (χ3v) is 2.84. The van der Waals surface area contributed by atoms with Gasteiger partial charge >= 0.3 is 5.97 Å². The van der Waals surface area contributed by atoms with Crippen LogP contribution in [0.1, 0.15) is 18.0 Å². The predicted molar refractivity (Wildman–Crippen MR) is 62.1 cm³/mol. The van der Waals surface area contributed by atoms with Gasteiger partial charge in [0.25, 0.3) is 0 Å². The second-order valence-corrected chi connectivity index (χ2v) is 3.95. The zero-order chi connectivity index (χ0) is 11.4. The fraction of sp³-hybridized carbons (Fsp3) is 0.308. The molecule has 1 aliphatic heterocycles. The molecule has 0 saturated carbocycles. The Bertz CT molecular complexity index is 378. The molecule has 0 aliphatic carbocycles. The zero-order valence-corrected chi connectivity index (χ0v) is 9.04. The van der Waals surface area contributed by atoms with Gasteiger partial charge in [0.15, 0.2) is 0 Å². The van der Waals surface area contributed by atoms with Gasteiger partial charge in [-0.3, -0.25) is 9.69 Å². The lowest BCUT2D eigenvalue weighted by Gasteiger charge is -2.26. The van der Waals surface area contributed by atoms with Crippen molar-refractivity contribution in [3.05, 3.63) is 48.0 Å². The molecule has 16 heavy (non-hydrogen) atoms. The Morgan fingerprint density at radius 3 is 2.44 bits per heavy atom. The quantitative estimate of drug-likeness (QED) is 0.785. The van der Waals surface area contributed by atoms with Crippen molar-refractivity contribution in [2.75, 3.05) is 13.1 Å². The average Bonchev–Trinajstić information content (AvgIpc) is 2.80. The molecule has 1 atom stereocenters. The third kappa shape index (κ3) is 2.49. The summed E-state index contributed by atoms with van der Waals surface area (Å²) in [6, 6.07) is 9.82. The first kappa shape index (κ1) is 10.9. The minimum Gasteiger partial charge on any atom is -0.481 e. The molecular weight excluding hydrogens is 202 g/mol. The highest BCUT2D eigenvalue weighted by molar-refractivity contribution is 5.68. The first-order chi connectivity index (χ1) is 7.77. The number of rotatable bonds is 4. The van der Waals surface area contributed by atoms with E-state index in [1.54, 1.807) is 0 Å². The van der Waals surface area contributed by atoms with Crippen LogP contribution in [0.4, 0.5) is 0 Å². The molecule has 3 heteroatoms. The maximum absolute atomic E-state index is 10.9. The van der Waals surface area contributed by atoms with Crippen LogP contribution in [0.2, 0.25) is 0 Å². The van der Waals surface area contributed by atoms with Crippen LogP contribution in [-0.2, 0) is 4.79 Å². The first-order valence-electron chi connectivity index (χ1n) is 5.43. The average molecular weight is 217 g/mol. The van der Waals surface area contributed by atoms with Crippen LogP contribution >= 0.6 is 0 Å². The molecule has 1 N–H and O–H groups in total. The van der Waals surface area contributed by atoms with Crippen molar-refractivity contribution < 1.29 is 9.90 Å². The van der Waals surface area contributed by atoms with E-state index in [4.69, 9.17) is 5.11 Å². The van der Waals surface area contributed by atoms with Crippen molar-refractivity contribution in [1.82, 2.24) is 4.90 Å². The van der Waals surface area contributed by atoms with Gasteiger partial charge in [-0.05, 0) is 5.56 Å². The maximum Gasteiger partial charge on any atom is 0.305 e. The van der Waals surface area contributed by atoms with Crippen LogP contribution in [-0.4, -0.2) is 29.1 Å². The summed E-state index contributed by atoms with van der Waals surface area (Å²) in [5.41, 5.74) is 1.08. The fourth-order valence-corrected chi connectivity index (χ4v) is 2.05. The van der Waals surface area contributed by atoms with Crippen LogP contribution < -0.4 is 0 Å². The second-order valence-electron chi connectivity index (χ2n) is 3.95. The van der Waals surface area contributed by atoms with Gasteiger partial charge in [0.2, 0.25) is 0 Å². The van der Waals surface area contributed by atoms with E-state index in [1.807, 2.05) is 30.3 Å². The molecule has 0 aromatic heterocycles.